The highest BCUT2D eigenvalue weighted by molar-refractivity contribution is 5.80. The fraction of sp³-hybridized carbons (Fsp3) is 0.588. The summed E-state index contributed by atoms with van der Waals surface area (Å²) in [5.41, 5.74) is 1.95. The Morgan fingerprint density at radius 1 is 1.20 bits per heavy atom. The van der Waals surface area contributed by atoms with Crippen molar-refractivity contribution in [2.45, 2.75) is 33.4 Å². The normalized spacial score (nSPS) is 16.4. The van der Waals surface area contributed by atoms with Crippen molar-refractivity contribution in [3.63, 3.8) is 0 Å². The first-order valence-corrected chi connectivity index (χ1v) is 8.87. The zero-order valence-corrected chi connectivity index (χ0v) is 14.9. The predicted molar refractivity (Wildman–Crippen MR) is 94.0 cm³/mol. The lowest BCUT2D eigenvalue weighted by Crippen LogP contribution is -2.52. The summed E-state index contributed by atoms with van der Waals surface area (Å²) in [4.78, 5) is 9.38. The van der Waals surface area contributed by atoms with Gasteiger partial charge in [-0.2, -0.15) is 0 Å². The van der Waals surface area contributed by atoms with Crippen LogP contribution >= 0.6 is 0 Å². The highest BCUT2D eigenvalue weighted by atomic mass is 16.5. The number of piperazine rings is 1. The number of hydrogen-bond donors (Lipinski definition) is 1. The lowest BCUT2D eigenvalue weighted by atomic mass is 10.3. The minimum Gasteiger partial charge on any atom is -0.364 e. The van der Waals surface area contributed by atoms with E-state index in [-0.39, 0.29) is 0 Å². The van der Waals surface area contributed by atoms with Crippen molar-refractivity contribution in [2.24, 2.45) is 4.99 Å². The van der Waals surface area contributed by atoms with Crippen LogP contribution in [0.1, 0.15) is 31.0 Å². The second-order valence-corrected chi connectivity index (χ2v) is 6.06. The van der Waals surface area contributed by atoms with Gasteiger partial charge in [0, 0.05) is 51.4 Å². The van der Waals surface area contributed by atoms with Crippen molar-refractivity contribution in [1.29, 1.82) is 0 Å². The van der Waals surface area contributed by atoms with Crippen molar-refractivity contribution in [3.8, 4) is 0 Å². The van der Waals surface area contributed by atoms with Crippen LogP contribution in [0.2, 0.25) is 0 Å². The molecule has 8 heteroatoms. The summed E-state index contributed by atoms with van der Waals surface area (Å²) in [6.45, 7) is 10.1. The van der Waals surface area contributed by atoms with Crippen LogP contribution in [-0.2, 0) is 19.5 Å². The summed E-state index contributed by atoms with van der Waals surface area (Å²) in [5, 5.41) is 11.4. The first kappa shape index (κ1) is 17.5. The number of aliphatic imine (C=N–C) groups is 1. The van der Waals surface area contributed by atoms with E-state index in [1.807, 2.05) is 12.1 Å². The van der Waals surface area contributed by atoms with E-state index in [1.165, 1.54) is 0 Å². The largest absolute Gasteiger partial charge is 0.364 e. The van der Waals surface area contributed by atoms with Gasteiger partial charge in [0.1, 0.15) is 12.8 Å². The van der Waals surface area contributed by atoms with Crippen molar-refractivity contribution < 1.29 is 9.05 Å². The molecule has 1 fully saturated rings. The molecule has 0 bridgehead atoms. The molecule has 2 aromatic heterocycles. The summed E-state index contributed by atoms with van der Waals surface area (Å²) in [5.74, 6) is 1.73. The maximum absolute atomic E-state index is 5.32. The van der Waals surface area contributed by atoms with Crippen LogP contribution in [0.5, 0.6) is 0 Å². The van der Waals surface area contributed by atoms with Gasteiger partial charge in [0.15, 0.2) is 11.7 Å². The molecule has 0 spiro atoms. The molecule has 0 aliphatic carbocycles. The number of aromatic nitrogens is 2. The van der Waals surface area contributed by atoms with Gasteiger partial charge >= 0.3 is 0 Å². The Hall–Kier alpha value is -2.35. The van der Waals surface area contributed by atoms with Crippen LogP contribution in [0.3, 0.4) is 0 Å². The van der Waals surface area contributed by atoms with E-state index in [0.29, 0.717) is 6.54 Å². The van der Waals surface area contributed by atoms with Gasteiger partial charge in [-0.15, -0.1) is 0 Å². The average Bonchev–Trinajstić information content (AvgIpc) is 3.31. The third-order valence-electron chi connectivity index (χ3n) is 4.24. The predicted octanol–water partition coefficient (Wildman–Crippen LogP) is 1.51. The number of guanidine groups is 1. The lowest BCUT2D eigenvalue weighted by Gasteiger charge is -2.36. The monoisotopic (exact) mass is 346 g/mol. The van der Waals surface area contributed by atoms with Gasteiger partial charge in [-0.3, -0.25) is 4.90 Å². The Morgan fingerprint density at radius 2 is 2.04 bits per heavy atom. The molecular formula is C17H26N6O2. The zero-order valence-electron chi connectivity index (χ0n) is 14.9. The number of hydrogen-bond acceptors (Lipinski definition) is 6. The zero-order chi connectivity index (χ0) is 17.5. The molecule has 0 atom stereocenters. The van der Waals surface area contributed by atoms with E-state index in [9.17, 15) is 0 Å². The second kappa shape index (κ2) is 8.66. The van der Waals surface area contributed by atoms with E-state index in [0.717, 1.165) is 68.8 Å². The Bertz CT molecular complexity index is 658. The van der Waals surface area contributed by atoms with Crippen LogP contribution in [-0.4, -0.2) is 58.8 Å². The fourth-order valence-corrected chi connectivity index (χ4v) is 2.84. The molecule has 1 aliphatic rings. The van der Waals surface area contributed by atoms with Crippen molar-refractivity contribution in [2.75, 3.05) is 32.7 Å². The minimum atomic E-state index is 0.508. The van der Waals surface area contributed by atoms with Gasteiger partial charge in [0.2, 0.25) is 0 Å². The molecule has 0 aromatic carbocycles. The topological polar surface area (TPSA) is 82.9 Å². The van der Waals surface area contributed by atoms with Crippen molar-refractivity contribution in [3.05, 3.63) is 35.5 Å². The maximum atomic E-state index is 5.32. The molecule has 1 saturated heterocycles. The van der Waals surface area contributed by atoms with Gasteiger partial charge in [-0.05, 0) is 13.3 Å². The number of nitrogens with zero attached hydrogens (tertiary/aromatic N) is 5. The van der Waals surface area contributed by atoms with Crippen LogP contribution in [0, 0.1) is 0 Å². The van der Waals surface area contributed by atoms with Crippen molar-refractivity contribution in [1.82, 2.24) is 25.4 Å². The molecule has 0 saturated carbocycles. The SMILES string of the molecule is CCNC(=NCc1cc(CC)no1)N1CCN(Cc2ccon2)CC1. The molecule has 0 radical (unpaired) electrons. The maximum Gasteiger partial charge on any atom is 0.194 e. The van der Waals surface area contributed by atoms with E-state index < -0.39 is 0 Å². The average molecular weight is 346 g/mol. The molecule has 1 N–H and O–H groups in total. The van der Waals surface area contributed by atoms with Gasteiger partial charge in [0.25, 0.3) is 0 Å². The first-order chi connectivity index (χ1) is 12.3. The summed E-state index contributed by atoms with van der Waals surface area (Å²) >= 11 is 0. The summed E-state index contributed by atoms with van der Waals surface area (Å²) < 4.78 is 10.2. The molecule has 2 aromatic rings. The van der Waals surface area contributed by atoms with Gasteiger partial charge in [0.05, 0.1) is 11.4 Å². The van der Waals surface area contributed by atoms with Crippen LogP contribution in [0.25, 0.3) is 0 Å². The number of rotatable bonds is 6. The molecule has 1 aliphatic heterocycles. The Labute approximate surface area is 147 Å². The lowest BCUT2D eigenvalue weighted by molar-refractivity contribution is 0.169. The van der Waals surface area contributed by atoms with E-state index >= 15 is 0 Å². The molecule has 136 valence electrons. The molecule has 8 nitrogen and oxygen atoms in total. The van der Waals surface area contributed by atoms with Crippen LogP contribution < -0.4 is 5.32 Å². The fourth-order valence-electron chi connectivity index (χ4n) is 2.84. The highest BCUT2D eigenvalue weighted by Crippen LogP contribution is 2.09. The van der Waals surface area contributed by atoms with Crippen molar-refractivity contribution >= 4 is 5.96 Å². The second-order valence-electron chi connectivity index (χ2n) is 6.06. The van der Waals surface area contributed by atoms with E-state index in [2.05, 4.69) is 39.3 Å². The smallest absolute Gasteiger partial charge is 0.194 e. The summed E-state index contributed by atoms with van der Waals surface area (Å²) in [6, 6.07) is 3.89. The molecule has 0 amide bonds. The standard InChI is InChI=1S/C17H26N6O2/c1-3-14-11-16(25-21-14)12-19-17(18-4-2)23-8-6-22(7-9-23)13-15-5-10-24-20-15/h5,10-11H,3-4,6-9,12-13H2,1-2H3,(H,18,19). The third kappa shape index (κ3) is 4.82. The Morgan fingerprint density at radius 3 is 2.68 bits per heavy atom. The summed E-state index contributed by atoms with van der Waals surface area (Å²) in [7, 11) is 0. The molecular weight excluding hydrogens is 320 g/mol. The van der Waals surface area contributed by atoms with E-state index in [4.69, 9.17) is 14.0 Å². The van der Waals surface area contributed by atoms with Gasteiger partial charge in [-0.25, -0.2) is 4.99 Å². The molecule has 25 heavy (non-hydrogen) atoms. The molecule has 3 heterocycles. The Kier molecular flexibility index (Phi) is 6.05. The Balaban J connectivity index is 1.54. The molecule has 0 unspecified atom stereocenters. The highest BCUT2D eigenvalue weighted by Gasteiger charge is 2.20. The molecule has 3 rings (SSSR count). The van der Waals surface area contributed by atoms with Gasteiger partial charge < -0.3 is 19.3 Å². The van der Waals surface area contributed by atoms with E-state index in [1.54, 1.807) is 6.26 Å². The number of nitrogens with one attached hydrogen (secondary N) is 1. The van der Waals surface area contributed by atoms with Crippen LogP contribution in [0.4, 0.5) is 0 Å². The minimum absolute atomic E-state index is 0.508. The quantitative estimate of drug-likeness (QED) is 0.627. The van der Waals surface area contributed by atoms with Gasteiger partial charge in [-0.1, -0.05) is 17.2 Å². The van der Waals surface area contributed by atoms with Crippen LogP contribution in [0.15, 0.2) is 32.4 Å². The summed E-state index contributed by atoms with van der Waals surface area (Å²) in [6.07, 6.45) is 2.50. The third-order valence-corrected chi connectivity index (χ3v) is 4.24. The first-order valence-electron chi connectivity index (χ1n) is 8.87. The number of aryl methyl sites for hydroxylation is 1.